The smallest absolute Gasteiger partial charge is 0.266 e. The summed E-state index contributed by atoms with van der Waals surface area (Å²) >= 11 is 0. The zero-order valence-corrected chi connectivity index (χ0v) is 13.1. The van der Waals surface area contributed by atoms with Crippen LogP contribution in [0.1, 0.15) is 24.5 Å². The van der Waals surface area contributed by atoms with Gasteiger partial charge in [0.05, 0.1) is 18.4 Å². The minimum Gasteiger partial charge on any atom is -0.363 e. The van der Waals surface area contributed by atoms with Gasteiger partial charge in [0, 0.05) is 31.0 Å². The van der Waals surface area contributed by atoms with Crippen molar-refractivity contribution in [3.8, 4) is 0 Å². The molecule has 1 saturated carbocycles. The van der Waals surface area contributed by atoms with E-state index in [0.717, 1.165) is 24.8 Å². The quantitative estimate of drug-likeness (QED) is 0.785. The first-order valence-corrected chi connectivity index (χ1v) is 8.95. The molecule has 1 aliphatic heterocycles. The topological polar surface area (TPSA) is 98.3 Å². The van der Waals surface area contributed by atoms with E-state index in [-0.39, 0.29) is 16.4 Å². The van der Waals surface area contributed by atoms with E-state index in [4.69, 9.17) is 0 Å². The molecule has 0 aromatic carbocycles. The van der Waals surface area contributed by atoms with Gasteiger partial charge in [-0.05, 0) is 18.9 Å². The number of hydrogen-bond acceptors (Lipinski definition) is 6. The molecular formula is C14H16N4O4S. The van der Waals surface area contributed by atoms with Crippen LogP contribution in [-0.4, -0.2) is 40.7 Å². The maximum Gasteiger partial charge on any atom is 0.266 e. The molecule has 3 heterocycles. The Balaban J connectivity index is 1.43. The van der Waals surface area contributed by atoms with E-state index in [2.05, 4.69) is 14.8 Å². The molecule has 0 unspecified atom stereocenters. The lowest BCUT2D eigenvalue weighted by molar-refractivity contribution is 0.172. The van der Waals surface area contributed by atoms with Crippen LogP contribution in [0.3, 0.4) is 0 Å². The average Bonchev–Trinajstić information content (AvgIpc) is 3.17. The molecule has 2 aromatic rings. The van der Waals surface area contributed by atoms with Gasteiger partial charge in [0.25, 0.3) is 5.56 Å². The van der Waals surface area contributed by atoms with Crippen molar-refractivity contribution in [3.05, 3.63) is 40.6 Å². The van der Waals surface area contributed by atoms with Crippen molar-refractivity contribution in [1.29, 1.82) is 0 Å². The number of aromatic nitrogens is 3. The lowest BCUT2D eigenvalue weighted by Gasteiger charge is -2.37. The molecule has 122 valence electrons. The van der Waals surface area contributed by atoms with Gasteiger partial charge in [0.1, 0.15) is 11.2 Å². The maximum absolute atomic E-state index is 12.2. The highest BCUT2D eigenvalue weighted by Gasteiger charge is 2.38. The summed E-state index contributed by atoms with van der Waals surface area (Å²) in [7, 11) is -3.54. The largest absolute Gasteiger partial charge is 0.363 e. The van der Waals surface area contributed by atoms with Crippen LogP contribution in [0, 0.1) is 5.92 Å². The Labute approximate surface area is 132 Å². The number of rotatable bonds is 5. The van der Waals surface area contributed by atoms with Crippen LogP contribution in [0.5, 0.6) is 0 Å². The monoisotopic (exact) mass is 336 g/mol. The van der Waals surface area contributed by atoms with E-state index in [1.54, 1.807) is 12.1 Å². The third-order valence-corrected chi connectivity index (χ3v) is 6.06. The molecule has 1 saturated heterocycles. The highest BCUT2D eigenvalue weighted by atomic mass is 32.2. The van der Waals surface area contributed by atoms with E-state index in [0.29, 0.717) is 25.6 Å². The summed E-state index contributed by atoms with van der Waals surface area (Å²) in [4.78, 5) is 12.0. The Morgan fingerprint density at radius 1 is 1.26 bits per heavy atom. The van der Waals surface area contributed by atoms with E-state index in [1.165, 1.54) is 15.2 Å². The molecule has 0 amide bonds. The first-order chi connectivity index (χ1) is 11.0. The van der Waals surface area contributed by atoms with Crippen LogP contribution < -0.4 is 5.56 Å². The molecule has 4 rings (SSSR count). The van der Waals surface area contributed by atoms with E-state index < -0.39 is 10.0 Å². The Bertz CT molecular complexity index is 864. The lowest BCUT2D eigenvalue weighted by Crippen LogP contribution is -2.52. The van der Waals surface area contributed by atoms with Gasteiger partial charge in [-0.1, -0.05) is 5.16 Å². The van der Waals surface area contributed by atoms with Gasteiger partial charge in [-0.3, -0.25) is 4.79 Å². The molecule has 0 bridgehead atoms. The fourth-order valence-corrected chi connectivity index (χ4v) is 4.20. The van der Waals surface area contributed by atoms with Crippen molar-refractivity contribution in [2.45, 2.75) is 30.2 Å². The molecule has 1 aliphatic carbocycles. The van der Waals surface area contributed by atoms with Crippen molar-refractivity contribution in [1.82, 2.24) is 19.2 Å². The summed E-state index contributed by atoms with van der Waals surface area (Å²) < 4.78 is 31.9. The summed E-state index contributed by atoms with van der Waals surface area (Å²) in [5.74, 6) is 0.568. The number of hydrogen-bond donors (Lipinski definition) is 0. The van der Waals surface area contributed by atoms with E-state index >= 15 is 0 Å². The van der Waals surface area contributed by atoms with Crippen molar-refractivity contribution in [2.75, 3.05) is 13.1 Å². The highest BCUT2D eigenvalue weighted by molar-refractivity contribution is 7.89. The molecule has 0 N–H and O–H groups in total. The molecule has 9 heteroatoms. The van der Waals surface area contributed by atoms with Gasteiger partial charge in [-0.15, -0.1) is 0 Å². The molecule has 0 spiro atoms. The van der Waals surface area contributed by atoms with Crippen LogP contribution in [0.15, 0.2) is 38.8 Å². The second-order valence-electron chi connectivity index (χ2n) is 6.10. The SMILES string of the molecule is O=c1ccc(C2CC2)nn1CC1CN(S(=O)(=O)c2cnoc2)C1. The summed E-state index contributed by atoms with van der Waals surface area (Å²) in [6.07, 6.45) is 4.56. The molecule has 2 aliphatic rings. The van der Waals surface area contributed by atoms with Crippen LogP contribution in [0.4, 0.5) is 0 Å². The molecule has 2 aromatic heterocycles. The van der Waals surface area contributed by atoms with Gasteiger partial charge in [-0.25, -0.2) is 13.1 Å². The summed E-state index contributed by atoms with van der Waals surface area (Å²) in [6.45, 7) is 1.18. The van der Waals surface area contributed by atoms with Gasteiger partial charge in [0.2, 0.25) is 10.0 Å². The van der Waals surface area contributed by atoms with Crippen LogP contribution >= 0.6 is 0 Å². The van der Waals surface area contributed by atoms with E-state index in [1.807, 2.05) is 0 Å². The fraction of sp³-hybridized carbons (Fsp3) is 0.500. The average molecular weight is 336 g/mol. The predicted molar refractivity (Wildman–Crippen MR) is 79.2 cm³/mol. The van der Waals surface area contributed by atoms with Crippen molar-refractivity contribution < 1.29 is 12.9 Å². The highest BCUT2D eigenvalue weighted by Crippen LogP contribution is 2.38. The van der Waals surface area contributed by atoms with Crippen molar-refractivity contribution in [2.24, 2.45) is 5.92 Å². The third kappa shape index (κ3) is 2.70. The summed E-state index contributed by atoms with van der Waals surface area (Å²) in [5.41, 5.74) is 0.813. The molecule has 23 heavy (non-hydrogen) atoms. The van der Waals surface area contributed by atoms with Crippen LogP contribution in [-0.2, 0) is 16.6 Å². The predicted octanol–water partition coefficient (Wildman–Crippen LogP) is 0.429. The van der Waals surface area contributed by atoms with Crippen molar-refractivity contribution >= 4 is 10.0 Å². The minimum absolute atomic E-state index is 0.0574. The minimum atomic E-state index is -3.54. The number of nitrogens with zero attached hydrogens (tertiary/aromatic N) is 4. The van der Waals surface area contributed by atoms with Crippen LogP contribution in [0.25, 0.3) is 0 Å². The summed E-state index contributed by atoms with van der Waals surface area (Å²) in [5, 5.41) is 7.83. The van der Waals surface area contributed by atoms with Gasteiger partial charge >= 0.3 is 0 Å². The molecule has 8 nitrogen and oxygen atoms in total. The standard InChI is InChI=1S/C14H16N4O4S/c19-14-4-3-13(11-1-2-11)16-18(14)8-10-6-17(7-10)23(20,21)12-5-15-22-9-12/h3-5,9-11H,1-2,6-8H2. The maximum atomic E-state index is 12.2. The Morgan fingerprint density at radius 3 is 2.70 bits per heavy atom. The van der Waals surface area contributed by atoms with Gasteiger partial charge in [-0.2, -0.15) is 9.40 Å². The Hall–Kier alpha value is -2.00. The molecular weight excluding hydrogens is 320 g/mol. The van der Waals surface area contributed by atoms with Crippen LogP contribution in [0.2, 0.25) is 0 Å². The second-order valence-corrected chi connectivity index (χ2v) is 8.04. The summed E-state index contributed by atoms with van der Waals surface area (Å²) in [6, 6.07) is 3.34. The Morgan fingerprint density at radius 2 is 2.04 bits per heavy atom. The zero-order valence-electron chi connectivity index (χ0n) is 12.3. The third-order valence-electron chi connectivity index (χ3n) is 4.29. The molecule has 0 atom stereocenters. The molecule has 2 fully saturated rings. The number of sulfonamides is 1. The Kier molecular flexibility index (Phi) is 3.34. The van der Waals surface area contributed by atoms with Gasteiger partial charge in [0.15, 0.2) is 0 Å². The van der Waals surface area contributed by atoms with Crippen molar-refractivity contribution in [3.63, 3.8) is 0 Å². The lowest BCUT2D eigenvalue weighted by atomic mass is 10.0. The van der Waals surface area contributed by atoms with E-state index in [9.17, 15) is 13.2 Å². The first kappa shape index (κ1) is 14.6. The first-order valence-electron chi connectivity index (χ1n) is 7.51. The fourth-order valence-electron chi connectivity index (χ4n) is 2.74. The zero-order chi connectivity index (χ0) is 16.0. The normalized spacial score (nSPS) is 19.7. The molecule has 0 radical (unpaired) electrons. The second kappa shape index (κ2) is 5.27. The van der Waals surface area contributed by atoms with Gasteiger partial charge < -0.3 is 4.52 Å².